The zero-order valence-electron chi connectivity index (χ0n) is 12.4. The van der Waals surface area contributed by atoms with Crippen LogP contribution in [0.3, 0.4) is 0 Å². The van der Waals surface area contributed by atoms with E-state index in [1.54, 1.807) is 31.2 Å². The summed E-state index contributed by atoms with van der Waals surface area (Å²) in [6.07, 6.45) is 0.0982. The number of hydrogen-bond acceptors (Lipinski definition) is 4. The van der Waals surface area contributed by atoms with Gasteiger partial charge in [0.15, 0.2) is 6.10 Å². The average Bonchev–Trinajstić information content (AvgIpc) is 2.88. The van der Waals surface area contributed by atoms with Crippen molar-refractivity contribution >= 4 is 23.1 Å². The molecule has 1 aromatic carbocycles. The second-order valence-electron chi connectivity index (χ2n) is 4.82. The lowest BCUT2D eigenvalue weighted by molar-refractivity contribution is 0.0323. The van der Waals surface area contributed by atoms with Gasteiger partial charge in [-0.3, -0.25) is 4.79 Å². The Balaban J connectivity index is 2.06. The van der Waals surface area contributed by atoms with E-state index in [0.717, 1.165) is 16.9 Å². The van der Waals surface area contributed by atoms with E-state index in [0.29, 0.717) is 10.4 Å². The SMILES string of the molecule is CCc1cc(C(=O)OC(C)C(=O)c2ccccc2)sc1C. The fraction of sp³-hybridized carbons (Fsp3) is 0.294. The van der Waals surface area contributed by atoms with Gasteiger partial charge in [-0.15, -0.1) is 11.3 Å². The summed E-state index contributed by atoms with van der Waals surface area (Å²) >= 11 is 1.41. The van der Waals surface area contributed by atoms with Crippen LogP contribution >= 0.6 is 11.3 Å². The van der Waals surface area contributed by atoms with Crippen molar-refractivity contribution in [3.63, 3.8) is 0 Å². The van der Waals surface area contributed by atoms with Gasteiger partial charge < -0.3 is 4.74 Å². The van der Waals surface area contributed by atoms with Gasteiger partial charge in [-0.25, -0.2) is 4.79 Å². The molecule has 1 aromatic heterocycles. The van der Waals surface area contributed by atoms with Gasteiger partial charge in [-0.05, 0) is 31.9 Å². The van der Waals surface area contributed by atoms with E-state index in [4.69, 9.17) is 4.74 Å². The first-order valence-corrected chi connectivity index (χ1v) is 7.74. The minimum atomic E-state index is -0.785. The van der Waals surface area contributed by atoms with Gasteiger partial charge in [-0.2, -0.15) is 0 Å². The number of rotatable bonds is 5. The number of thiophene rings is 1. The highest BCUT2D eigenvalue weighted by Gasteiger charge is 2.21. The molecule has 0 fully saturated rings. The quantitative estimate of drug-likeness (QED) is 0.618. The number of ketones is 1. The lowest BCUT2D eigenvalue weighted by Gasteiger charge is -2.11. The van der Waals surface area contributed by atoms with E-state index in [-0.39, 0.29) is 5.78 Å². The molecule has 0 aliphatic carbocycles. The zero-order chi connectivity index (χ0) is 15.4. The molecule has 3 nitrogen and oxygen atoms in total. The monoisotopic (exact) mass is 302 g/mol. The molecule has 2 aromatic rings. The Hall–Kier alpha value is -1.94. The number of carbonyl (C=O) groups excluding carboxylic acids is 2. The van der Waals surface area contributed by atoms with Gasteiger partial charge in [-0.1, -0.05) is 37.3 Å². The summed E-state index contributed by atoms with van der Waals surface area (Å²) in [5.74, 6) is -0.618. The Labute approximate surface area is 128 Å². The topological polar surface area (TPSA) is 43.4 Å². The fourth-order valence-electron chi connectivity index (χ4n) is 2.08. The Morgan fingerprint density at radius 3 is 2.48 bits per heavy atom. The molecule has 1 heterocycles. The van der Waals surface area contributed by atoms with Crippen LogP contribution in [0.1, 0.15) is 44.3 Å². The third-order valence-electron chi connectivity index (χ3n) is 3.31. The van der Waals surface area contributed by atoms with Crippen molar-refractivity contribution in [3.05, 3.63) is 57.3 Å². The third-order valence-corrected chi connectivity index (χ3v) is 4.39. The summed E-state index contributed by atoms with van der Waals surface area (Å²) in [5, 5.41) is 0. The second kappa shape index (κ2) is 6.68. The van der Waals surface area contributed by atoms with Gasteiger partial charge in [0.05, 0.1) is 0 Å². The third kappa shape index (κ3) is 3.58. The highest BCUT2D eigenvalue weighted by molar-refractivity contribution is 7.14. The minimum Gasteiger partial charge on any atom is -0.450 e. The normalized spacial score (nSPS) is 12.0. The maximum atomic E-state index is 12.2. The molecule has 21 heavy (non-hydrogen) atoms. The predicted octanol–water partition coefficient (Wildman–Crippen LogP) is 4.05. The van der Waals surface area contributed by atoms with Crippen molar-refractivity contribution < 1.29 is 14.3 Å². The summed E-state index contributed by atoms with van der Waals surface area (Å²) in [6, 6.07) is 10.7. The van der Waals surface area contributed by atoms with Crippen molar-refractivity contribution in [3.8, 4) is 0 Å². The van der Waals surface area contributed by atoms with E-state index < -0.39 is 12.1 Å². The zero-order valence-corrected chi connectivity index (χ0v) is 13.2. The van der Waals surface area contributed by atoms with Gasteiger partial charge >= 0.3 is 5.97 Å². The van der Waals surface area contributed by atoms with E-state index >= 15 is 0 Å². The fourth-order valence-corrected chi connectivity index (χ4v) is 3.08. The maximum absolute atomic E-state index is 12.2. The number of ether oxygens (including phenoxy) is 1. The Morgan fingerprint density at radius 2 is 1.90 bits per heavy atom. The number of benzene rings is 1. The van der Waals surface area contributed by atoms with Crippen molar-refractivity contribution in [2.75, 3.05) is 0 Å². The smallest absolute Gasteiger partial charge is 0.349 e. The first-order valence-electron chi connectivity index (χ1n) is 6.92. The Bertz CT molecular complexity index is 643. The average molecular weight is 302 g/mol. The molecule has 0 saturated heterocycles. The van der Waals surface area contributed by atoms with Crippen LogP contribution < -0.4 is 0 Å². The van der Waals surface area contributed by atoms with Crippen LogP contribution in [0, 0.1) is 6.92 Å². The number of esters is 1. The molecule has 110 valence electrons. The van der Waals surface area contributed by atoms with E-state index in [1.165, 1.54) is 11.3 Å². The van der Waals surface area contributed by atoms with E-state index in [1.807, 2.05) is 26.0 Å². The van der Waals surface area contributed by atoms with Gasteiger partial charge in [0, 0.05) is 10.4 Å². The largest absolute Gasteiger partial charge is 0.450 e. The van der Waals surface area contributed by atoms with Crippen LogP contribution in [0.4, 0.5) is 0 Å². The molecule has 0 amide bonds. The molecule has 0 saturated carbocycles. The lowest BCUT2D eigenvalue weighted by Crippen LogP contribution is -2.24. The summed E-state index contributed by atoms with van der Waals surface area (Å²) < 4.78 is 5.29. The Morgan fingerprint density at radius 1 is 1.24 bits per heavy atom. The van der Waals surface area contributed by atoms with Crippen LogP contribution in [-0.2, 0) is 11.2 Å². The molecule has 2 rings (SSSR count). The van der Waals surface area contributed by atoms with E-state index in [2.05, 4.69) is 0 Å². The summed E-state index contributed by atoms with van der Waals surface area (Å²) in [7, 11) is 0. The molecule has 1 unspecified atom stereocenters. The van der Waals surface area contributed by atoms with Crippen LogP contribution in [0.5, 0.6) is 0 Å². The summed E-state index contributed by atoms with van der Waals surface area (Å²) in [6.45, 7) is 5.64. The molecule has 0 radical (unpaired) electrons. The summed E-state index contributed by atoms with van der Waals surface area (Å²) in [5.41, 5.74) is 1.70. The Kier molecular flexibility index (Phi) is 4.91. The van der Waals surface area contributed by atoms with Crippen molar-refractivity contribution in [1.82, 2.24) is 0 Å². The van der Waals surface area contributed by atoms with Gasteiger partial charge in [0.25, 0.3) is 0 Å². The number of hydrogen-bond donors (Lipinski definition) is 0. The minimum absolute atomic E-state index is 0.187. The molecular weight excluding hydrogens is 284 g/mol. The van der Waals surface area contributed by atoms with Crippen molar-refractivity contribution in [2.24, 2.45) is 0 Å². The lowest BCUT2D eigenvalue weighted by atomic mass is 10.1. The molecule has 4 heteroatoms. The molecular formula is C17H18O3S. The molecule has 0 aliphatic heterocycles. The van der Waals surface area contributed by atoms with Crippen LogP contribution in [0.15, 0.2) is 36.4 Å². The molecule has 0 spiro atoms. The molecule has 0 N–H and O–H groups in total. The van der Waals surface area contributed by atoms with Crippen LogP contribution in [0.2, 0.25) is 0 Å². The first-order chi connectivity index (χ1) is 10.0. The van der Waals surface area contributed by atoms with Gasteiger partial charge in [0.1, 0.15) is 4.88 Å². The number of Topliss-reactive ketones (excluding diaryl/α,β-unsaturated/α-hetero) is 1. The molecule has 0 aliphatic rings. The molecule has 0 bridgehead atoms. The van der Waals surface area contributed by atoms with Crippen molar-refractivity contribution in [1.29, 1.82) is 0 Å². The maximum Gasteiger partial charge on any atom is 0.349 e. The van der Waals surface area contributed by atoms with Crippen LogP contribution in [0.25, 0.3) is 0 Å². The number of carbonyl (C=O) groups is 2. The predicted molar refractivity (Wildman–Crippen MR) is 84.1 cm³/mol. The summed E-state index contributed by atoms with van der Waals surface area (Å²) in [4.78, 5) is 25.9. The standard InChI is InChI=1S/C17H18O3S/c1-4-13-10-15(21-12(13)3)17(19)20-11(2)16(18)14-8-6-5-7-9-14/h5-11H,4H2,1-3H3. The highest BCUT2D eigenvalue weighted by Crippen LogP contribution is 2.23. The highest BCUT2D eigenvalue weighted by atomic mass is 32.1. The van der Waals surface area contributed by atoms with Gasteiger partial charge in [0.2, 0.25) is 5.78 Å². The van der Waals surface area contributed by atoms with Crippen LogP contribution in [-0.4, -0.2) is 17.9 Å². The first kappa shape index (κ1) is 15.4. The second-order valence-corrected chi connectivity index (χ2v) is 6.08. The van der Waals surface area contributed by atoms with E-state index in [9.17, 15) is 9.59 Å². The molecule has 1 atom stereocenters. The van der Waals surface area contributed by atoms with Crippen molar-refractivity contribution in [2.45, 2.75) is 33.3 Å². The number of aryl methyl sites for hydroxylation is 2.